The molecule has 7 nitrogen and oxygen atoms in total. The minimum Gasteiger partial charge on any atom is -0.375 e. The monoisotopic (exact) mass is 385 g/mol. The highest BCUT2D eigenvalue weighted by molar-refractivity contribution is 5.73. The van der Waals surface area contributed by atoms with E-state index in [4.69, 9.17) is 10.5 Å². The molecule has 1 aliphatic rings. The lowest BCUT2D eigenvalue weighted by Gasteiger charge is -2.35. The van der Waals surface area contributed by atoms with Crippen molar-refractivity contribution in [1.82, 2.24) is 14.8 Å². The number of ether oxygens (including phenoxy) is 1. The van der Waals surface area contributed by atoms with E-state index in [0.29, 0.717) is 6.61 Å². The third-order valence-electron chi connectivity index (χ3n) is 5.54. The maximum absolute atomic E-state index is 11.3. The molecule has 0 radical (unpaired) electrons. The van der Waals surface area contributed by atoms with Gasteiger partial charge >= 0.3 is 0 Å². The lowest BCUT2D eigenvalue weighted by atomic mass is 9.92. The Hall–Kier alpha value is -2.41. The molecular weight excluding hydrogens is 354 g/mol. The van der Waals surface area contributed by atoms with E-state index in [0.717, 1.165) is 43.1 Å². The van der Waals surface area contributed by atoms with Crippen LogP contribution in [0.1, 0.15) is 48.7 Å². The molecule has 2 aromatic rings. The molecule has 0 aliphatic carbocycles. The Bertz CT molecular complexity index is 832. The van der Waals surface area contributed by atoms with E-state index in [1.165, 1.54) is 11.1 Å². The number of aromatic nitrogens is 3. The van der Waals surface area contributed by atoms with Crippen molar-refractivity contribution in [2.75, 3.05) is 24.6 Å². The predicted octanol–water partition coefficient (Wildman–Crippen LogP) is 2.34. The number of nitrogens with zero attached hydrogens (tertiary/aromatic N) is 4. The molecule has 1 fully saturated rings. The van der Waals surface area contributed by atoms with Gasteiger partial charge in [-0.2, -0.15) is 5.10 Å². The van der Waals surface area contributed by atoms with Gasteiger partial charge in [0.15, 0.2) is 0 Å². The molecule has 0 aromatic carbocycles. The first-order chi connectivity index (χ1) is 13.4. The number of primary amides is 1. The zero-order valence-electron chi connectivity index (χ0n) is 17.3. The number of nitrogens with two attached hydrogens (primary N) is 1. The fourth-order valence-electron chi connectivity index (χ4n) is 4.28. The fraction of sp³-hybridized carbons (Fsp3) is 0.571. The summed E-state index contributed by atoms with van der Waals surface area (Å²) in [7, 11) is 0. The Labute approximate surface area is 166 Å². The van der Waals surface area contributed by atoms with Crippen LogP contribution in [-0.4, -0.2) is 46.5 Å². The van der Waals surface area contributed by atoms with Gasteiger partial charge in [0.25, 0.3) is 0 Å². The zero-order chi connectivity index (χ0) is 20.3. The van der Waals surface area contributed by atoms with E-state index in [1.807, 2.05) is 26.1 Å². The minimum absolute atomic E-state index is 0.118. The summed E-state index contributed by atoms with van der Waals surface area (Å²) in [4.78, 5) is 18.2. The van der Waals surface area contributed by atoms with Crippen LogP contribution in [0.15, 0.2) is 18.3 Å². The molecule has 0 spiro atoms. The summed E-state index contributed by atoms with van der Waals surface area (Å²) in [5.41, 5.74) is 9.77. The highest BCUT2D eigenvalue weighted by atomic mass is 16.5. The van der Waals surface area contributed by atoms with Crippen molar-refractivity contribution >= 4 is 11.7 Å². The normalized spacial score (nSPS) is 18.3. The molecule has 2 N–H and O–H groups in total. The van der Waals surface area contributed by atoms with Crippen LogP contribution in [0.3, 0.4) is 0 Å². The lowest BCUT2D eigenvalue weighted by Crippen LogP contribution is -2.43. The Morgan fingerprint density at radius 1 is 1.43 bits per heavy atom. The first kappa shape index (κ1) is 20.3. The van der Waals surface area contributed by atoms with Crippen molar-refractivity contribution < 1.29 is 9.53 Å². The van der Waals surface area contributed by atoms with E-state index in [9.17, 15) is 4.79 Å². The number of pyridine rings is 1. The van der Waals surface area contributed by atoms with Crippen LogP contribution in [0.25, 0.3) is 0 Å². The molecule has 0 bridgehead atoms. The Morgan fingerprint density at radius 2 is 2.21 bits per heavy atom. The minimum atomic E-state index is -0.377. The summed E-state index contributed by atoms with van der Waals surface area (Å²) in [6.07, 6.45) is 3.86. The van der Waals surface area contributed by atoms with Gasteiger partial charge in [-0.3, -0.25) is 9.48 Å². The quantitative estimate of drug-likeness (QED) is 0.791. The molecule has 3 heterocycles. The van der Waals surface area contributed by atoms with Crippen LogP contribution >= 0.6 is 0 Å². The maximum Gasteiger partial charge on any atom is 0.239 e. The third kappa shape index (κ3) is 4.35. The molecule has 152 valence electrons. The van der Waals surface area contributed by atoms with Crippen LogP contribution in [0.2, 0.25) is 0 Å². The number of carbonyl (C=O) groups is 1. The van der Waals surface area contributed by atoms with Gasteiger partial charge in [-0.05, 0) is 49.8 Å². The molecule has 1 saturated heterocycles. The molecule has 2 atom stereocenters. The fourth-order valence-corrected chi connectivity index (χ4v) is 4.28. The van der Waals surface area contributed by atoms with Gasteiger partial charge in [0.1, 0.15) is 12.4 Å². The van der Waals surface area contributed by atoms with Crippen molar-refractivity contribution in [1.29, 1.82) is 0 Å². The van der Waals surface area contributed by atoms with Crippen molar-refractivity contribution in [2.45, 2.75) is 59.1 Å². The Balaban J connectivity index is 1.71. The third-order valence-corrected chi connectivity index (χ3v) is 5.54. The highest BCUT2D eigenvalue weighted by Gasteiger charge is 2.27. The number of amides is 1. The molecule has 1 amide bonds. The number of hydrogen-bond donors (Lipinski definition) is 1. The van der Waals surface area contributed by atoms with Crippen LogP contribution < -0.4 is 10.6 Å². The summed E-state index contributed by atoms with van der Waals surface area (Å²) in [6, 6.07) is 4.15. The van der Waals surface area contributed by atoms with Crippen molar-refractivity contribution in [2.24, 2.45) is 5.73 Å². The van der Waals surface area contributed by atoms with E-state index in [-0.39, 0.29) is 24.5 Å². The van der Waals surface area contributed by atoms with E-state index in [1.54, 1.807) is 4.68 Å². The van der Waals surface area contributed by atoms with Gasteiger partial charge < -0.3 is 15.4 Å². The first-order valence-corrected chi connectivity index (χ1v) is 10.0. The zero-order valence-corrected chi connectivity index (χ0v) is 17.3. The van der Waals surface area contributed by atoms with Gasteiger partial charge in [0.05, 0.1) is 18.4 Å². The molecule has 7 heteroatoms. The summed E-state index contributed by atoms with van der Waals surface area (Å²) in [5, 5.41) is 4.50. The van der Waals surface area contributed by atoms with Crippen LogP contribution in [-0.2, 0) is 22.5 Å². The number of rotatable bonds is 7. The number of morpholine rings is 1. The second-order valence-corrected chi connectivity index (χ2v) is 7.62. The summed E-state index contributed by atoms with van der Waals surface area (Å²) >= 11 is 0. The van der Waals surface area contributed by atoms with Crippen LogP contribution in [0.5, 0.6) is 0 Å². The van der Waals surface area contributed by atoms with E-state index in [2.05, 4.69) is 34.9 Å². The topological polar surface area (TPSA) is 86.3 Å². The molecule has 2 aromatic heterocycles. The number of carbonyl (C=O) groups excluding carboxylic acids is 1. The molecule has 3 rings (SSSR count). The molecule has 1 aliphatic heterocycles. The standard InChI is InChI=1S/C21H31N5O2/c1-5-17-7-6-8-23-21(17)25-9-10-28-18(12-25)11-14(2)20-15(3)24-26(16(20)4)13-19(22)27/h6-8,14,18H,5,9-13H2,1-4H3,(H2,22,27). The molecule has 0 saturated carbocycles. The predicted molar refractivity (Wildman–Crippen MR) is 109 cm³/mol. The van der Waals surface area contributed by atoms with Gasteiger partial charge in [0.2, 0.25) is 5.91 Å². The summed E-state index contributed by atoms with van der Waals surface area (Å²) < 4.78 is 7.78. The van der Waals surface area contributed by atoms with Crippen LogP contribution in [0, 0.1) is 13.8 Å². The highest BCUT2D eigenvalue weighted by Crippen LogP contribution is 2.30. The van der Waals surface area contributed by atoms with E-state index >= 15 is 0 Å². The second kappa shape index (κ2) is 8.73. The maximum atomic E-state index is 11.3. The lowest BCUT2D eigenvalue weighted by molar-refractivity contribution is -0.118. The molecule has 2 unspecified atom stereocenters. The molecule has 28 heavy (non-hydrogen) atoms. The smallest absolute Gasteiger partial charge is 0.239 e. The Kier molecular flexibility index (Phi) is 6.34. The van der Waals surface area contributed by atoms with Gasteiger partial charge in [-0.25, -0.2) is 4.98 Å². The van der Waals surface area contributed by atoms with Crippen molar-refractivity contribution in [3.8, 4) is 0 Å². The average molecular weight is 386 g/mol. The van der Waals surface area contributed by atoms with Gasteiger partial charge in [0, 0.05) is 25.0 Å². The summed E-state index contributed by atoms with van der Waals surface area (Å²) in [6.45, 7) is 10.9. The number of anilines is 1. The van der Waals surface area contributed by atoms with E-state index < -0.39 is 0 Å². The van der Waals surface area contributed by atoms with Gasteiger partial charge in [-0.1, -0.05) is 19.9 Å². The van der Waals surface area contributed by atoms with Crippen molar-refractivity contribution in [3.63, 3.8) is 0 Å². The van der Waals surface area contributed by atoms with Crippen molar-refractivity contribution in [3.05, 3.63) is 40.8 Å². The largest absolute Gasteiger partial charge is 0.375 e. The SMILES string of the molecule is CCc1cccnc1N1CCOC(CC(C)c2c(C)nn(CC(N)=O)c2C)C1. The first-order valence-electron chi connectivity index (χ1n) is 10.0. The molecular formula is C21H31N5O2. The number of aryl methyl sites for hydroxylation is 2. The number of hydrogen-bond acceptors (Lipinski definition) is 5. The average Bonchev–Trinajstić information content (AvgIpc) is 2.94. The van der Waals surface area contributed by atoms with Gasteiger partial charge in [-0.15, -0.1) is 0 Å². The Morgan fingerprint density at radius 3 is 2.93 bits per heavy atom. The van der Waals surface area contributed by atoms with Crippen LogP contribution in [0.4, 0.5) is 5.82 Å². The summed E-state index contributed by atoms with van der Waals surface area (Å²) in [5.74, 6) is 0.978. The second-order valence-electron chi connectivity index (χ2n) is 7.62.